The van der Waals surface area contributed by atoms with Crippen molar-refractivity contribution < 1.29 is 9.53 Å². The van der Waals surface area contributed by atoms with Gasteiger partial charge in [-0.3, -0.25) is 0 Å². The molecule has 1 aromatic heterocycles. The predicted octanol–water partition coefficient (Wildman–Crippen LogP) is 2.40. The van der Waals surface area contributed by atoms with Gasteiger partial charge in [0.1, 0.15) is 5.75 Å². The predicted molar refractivity (Wildman–Crippen MR) is 110 cm³/mol. The largest absolute Gasteiger partial charge is 0.497 e. The Labute approximate surface area is 169 Å². The van der Waals surface area contributed by atoms with E-state index in [1.807, 2.05) is 69.6 Å². The molecule has 0 aliphatic heterocycles. The second-order valence-corrected chi connectivity index (χ2v) is 6.78. The van der Waals surface area contributed by atoms with Crippen LogP contribution in [-0.2, 0) is 0 Å². The van der Waals surface area contributed by atoms with E-state index in [2.05, 4.69) is 31.1 Å². The van der Waals surface area contributed by atoms with E-state index < -0.39 is 0 Å². The maximum absolute atomic E-state index is 12.4. The van der Waals surface area contributed by atoms with Crippen molar-refractivity contribution in [1.29, 1.82) is 0 Å². The molecular formula is C20H25N7O2. The molecular weight excluding hydrogens is 370 g/mol. The molecule has 0 fully saturated rings. The first-order valence-corrected chi connectivity index (χ1v) is 9.18. The SMILES string of the molecule is COc1cccc(C(CNC(=O)Nc2cccc(-n3nnnc3C)c2)N(C)C)c1. The van der Waals surface area contributed by atoms with Crippen molar-refractivity contribution in [3.8, 4) is 11.4 Å². The first-order chi connectivity index (χ1) is 14.0. The third-order valence-corrected chi connectivity index (χ3v) is 4.53. The van der Waals surface area contributed by atoms with Crippen molar-refractivity contribution in [2.45, 2.75) is 13.0 Å². The van der Waals surface area contributed by atoms with Crippen molar-refractivity contribution in [2.75, 3.05) is 33.1 Å². The molecule has 3 aromatic rings. The number of benzene rings is 2. The summed E-state index contributed by atoms with van der Waals surface area (Å²) < 4.78 is 6.91. The number of nitrogens with one attached hydrogen (secondary N) is 2. The minimum atomic E-state index is -0.287. The number of likely N-dealkylation sites (N-methyl/N-ethyl adjacent to an activating group) is 1. The van der Waals surface area contributed by atoms with Crippen molar-refractivity contribution >= 4 is 11.7 Å². The highest BCUT2D eigenvalue weighted by atomic mass is 16.5. The number of aryl methyl sites for hydroxylation is 1. The lowest BCUT2D eigenvalue weighted by atomic mass is 10.1. The van der Waals surface area contributed by atoms with Gasteiger partial charge in [0.15, 0.2) is 5.82 Å². The first-order valence-electron chi connectivity index (χ1n) is 9.18. The number of aromatic nitrogens is 4. The number of urea groups is 1. The van der Waals surface area contributed by atoms with Crippen LogP contribution in [0.1, 0.15) is 17.4 Å². The number of hydrogen-bond donors (Lipinski definition) is 2. The summed E-state index contributed by atoms with van der Waals surface area (Å²) in [7, 11) is 5.59. The summed E-state index contributed by atoms with van der Waals surface area (Å²) in [6.45, 7) is 2.25. The molecule has 29 heavy (non-hydrogen) atoms. The lowest BCUT2D eigenvalue weighted by Gasteiger charge is -2.25. The molecule has 2 amide bonds. The smallest absolute Gasteiger partial charge is 0.319 e. The molecule has 1 atom stereocenters. The summed E-state index contributed by atoms with van der Waals surface area (Å²) in [6.07, 6.45) is 0. The summed E-state index contributed by atoms with van der Waals surface area (Å²) >= 11 is 0. The molecule has 0 saturated heterocycles. The van der Waals surface area contributed by atoms with Gasteiger partial charge < -0.3 is 20.3 Å². The second-order valence-electron chi connectivity index (χ2n) is 6.78. The zero-order valence-corrected chi connectivity index (χ0v) is 17.0. The number of rotatable bonds is 7. The minimum Gasteiger partial charge on any atom is -0.497 e. The average molecular weight is 395 g/mol. The number of amides is 2. The first kappa shape index (κ1) is 20.3. The Morgan fingerprint density at radius 3 is 2.69 bits per heavy atom. The van der Waals surface area contributed by atoms with Gasteiger partial charge in [0.2, 0.25) is 0 Å². The zero-order valence-electron chi connectivity index (χ0n) is 17.0. The lowest BCUT2D eigenvalue weighted by molar-refractivity contribution is 0.243. The molecule has 0 bridgehead atoms. The third-order valence-electron chi connectivity index (χ3n) is 4.53. The summed E-state index contributed by atoms with van der Waals surface area (Å²) in [5.41, 5.74) is 2.48. The van der Waals surface area contributed by atoms with E-state index in [9.17, 15) is 4.79 Å². The van der Waals surface area contributed by atoms with Crippen LogP contribution < -0.4 is 15.4 Å². The minimum absolute atomic E-state index is 0.00561. The number of nitrogens with zero attached hydrogens (tertiary/aromatic N) is 5. The molecule has 0 aliphatic carbocycles. The summed E-state index contributed by atoms with van der Waals surface area (Å²) in [4.78, 5) is 14.5. The van der Waals surface area contributed by atoms with E-state index in [0.717, 1.165) is 17.0 Å². The summed E-state index contributed by atoms with van der Waals surface area (Å²) in [6, 6.07) is 14.9. The topological polar surface area (TPSA) is 97.2 Å². The van der Waals surface area contributed by atoms with E-state index in [1.165, 1.54) is 0 Å². The van der Waals surface area contributed by atoms with Gasteiger partial charge in [0.25, 0.3) is 0 Å². The number of carbonyl (C=O) groups excluding carboxylic acids is 1. The van der Waals surface area contributed by atoms with Crippen LogP contribution in [0.3, 0.4) is 0 Å². The fourth-order valence-electron chi connectivity index (χ4n) is 3.00. The molecule has 152 valence electrons. The van der Waals surface area contributed by atoms with Crippen LogP contribution in [0.5, 0.6) is 5.75 Å². The van der Waals surface area contributed by atoms with Crippen molar-refractivity contribution in [2.24, 2.45) is 0 Å². The number of tetrazole rings is 1. The Kier molecular flexibility index (Phi) is 6.40. The van der Waals surface area contributed by atoms with Gasteiger partial charge in [-0.15, -0.1) is 5.10 Å². The molecule has 0 aliphatic rings. The van der Waals surface area contributed by atoms with Crippen LogP contribution in [-0.4, -0.2) is 58.9 Å². The van der Waals surface area contributed by atoms with Crippen molar-refractivity contribution in [3.05, 3.63) is 59.9 Å². The maximum Gasteiger partial charge on any atom is 0.319 e. The fraction of sp³-hybridized carbons (Fsp3) is 0.300. The van der Waals surface area contributed by atoms with Gasteiger partial charge in [0, 0.05) is 12.2 Å². The molecule has 9 heteroatoms. The molecule has 0 radical (unpaired) electrons. The van der Waals surface area contributed by atoms with E-state index in [1.54, 1.807) is 11.8 Å². The van der Waals surface area contributed by atoms with Gasteiger partial charge >= 0.3 is 6.03 Å². The third kappa shape index (κ3) is 5.08. The van der Waals surface area contributed by atoms with Gasteiger partial charge in [-0.05, 0) is 67.3 Å². The highest BCUT2D eigenvalue weighted by Crippen LogP contribution is 2.22. The van der Waals surface area contributed by atoms with Crippen LogP contribution in [0.4, 0.5) is 10.5 Å². The van der Waals surface area contributed by atoms with Crippen molar-refractivity contribution in [1.82, 2.24) is 30.4 Å². The molecule has 2 N–H and O–H groups in total. The van der Waals surface area contributed by atoms with Crippen LogP contribution >= 0.6 is 0 Å². The van der Waals surface area contributed by atoms with E-state index in [4.69, 9.17) is 4.74 Å². The summed E-state index contributed by atoms with van der Waals surface area (Å²) in [5.74, 6) is 1.45. The zero-order chi connectivity index (χ0) is 20.8. The number of carbonyl (C=O) groups is 1. The van der Waals surface area contributed by atoms with Gasteiger partial charge in [0.05, 0.1) is 18.8 Å². The average Bonchev–Trinajstić information content (AvgIpc) is 3.14. The Hall–Kier alpha value is -3.46. The van der Waals surface area contributed by atoms with Crippen molar-refractivity contribution in [3.63, 3.8) is 0 Å². The maximum atomic E-state index is 12.4. The molecule has 0 spiro atoms. The van der Waals surface area contributed by atoms with Crippen LogP contribution in [0.25, 0.3) is 5.69 Å². The fourth-order valence-corrected chi connectivity index (χ4v) is 3.00. The van der Waals surface area contributed by atoms with Gasteiger partial charge in [-0.1, -0.05) is 18.2 Å². The number of hydrogen-bond acceptors (Lipinski definition) is 6. The number of anilines is 1. The normalized spacial score (nSPS) is 11.9. The van der Waals surface area contributed by atoms with Gasteiger partial charge in [-0.2, -0.15) is 4.68 Å². The van der Waals surface area contributed by atoms with E-state index in [-0.39, 0.29) is 12.1 Å². The number of methoxy groups -OCH3 is 1. The monoisotopic (exact) mass is 395 g/mol. The lowest BCUT2D eigenvalue weighted by Crippen LogP contribution is -2.36. The highest BCUT2D eigenvalue weighted by Gasteiger charge is 2.16. The molecule has 2 aromatic carbocycles. The van der Waals surface area contributed by atoms with E-state index in [0.29, 0.717) is 18.1 Å². The molecule has 3 rings (SSSR count). The quantitative estimate of drug-likeness (QED) is 0.638. The Bertz CT molecular complexity index is 971. The molecule has 1 unspecified atom stereocenters. The summed E-state index contributed by atoms with van der Waals surface area (Å²) in [5, 5.41) is 17.3. The molecule has 1 heterocycles. The van der Waals surface area contributed by atoms with Gasteiger partial charge in [-0.25, -0.2) is 4.79 Å². The van der Waals surface area contributed by atoms with Crippen LogP contribution in [0, 0.1) is 6.92 Å². The number of ether oxygens (including phenoxy) is 1. The van der Waals surface area contributed by atoms with Crippen LogP contribution in [0.15, 0.2) is 48.5 Å². The Morgan fingerprint density at radius 1 is 1.21 bits per heavy atom. The highest BCUT2D eigenvalue weighted by molar-refractivity contribution is 5.89. The Morgan fingerprint density at radius 2 is 2.00 bits per heavy atom. The van der Waals surface area contributed by atoms with Crippen LogP contribution in [0.2, 0.25) is 0 Å². The second kappa shape index (κ2) is 9.16. The molecule has 0 saturated carbocycles. The Balaban J connectivity index is 1.65. The standard InChI is InChI=1S/C20H25N7O2/c1-14-23-24-25-27(14)17-9-6-8-16(12-17)22-20(28)21-13-19(26(2)3)15-7-5-10-18(11-15)29-4/h5-12,19H,13H2,1-4H3,(H2,21,22,28). The molecule has 9 nitrogen and oxygen atoms in total. The van der Waals surface area contributed by atoms with E-state index >= 15 is 0 Å².